The van der Waals surface area contributed by atoms with E-state index in [4.69, 9.17) is 4.74 Å². The summed E-state index contributed by atoms with van der Waals surface area (Å²) in [4.78, 5) is 53.3. The molecule has 0 aliphatic carbocycles. The Morgan fingerprint density at radius 2 is 1.78 bits per heavy atom. The van der Waals surface area contributed by atoms with E-state index in [0.717, 1.165) is 47.1 Å². The standard InChI is InChI=1S/C27H29N3O5S/c1-18-10-11-21(14-19(18)2)28-24(31)17-35-22-9-5-4-8-20(22)15-23-26(33)30(27(34)36-23)16-25(32)29-12-6-3-7-13-29/h4-5,8-11,14-15H,3,6-7,12-13,16-17H2,1-2H3,(H,28,31)/b23-15-. The molecule has 0 unspecified atom stereocenters. The Morgan fingerprint density at radius 1 is 1.03 bits per heavy atom. The second-order valence-corrected chi connectivity index (χ2v) is 9.88. The first kappa shape index (κ1) is 25.5. The van der Waals surface area contributed by atoms with Gasteiger partial charge in [0.1, 0.15) is 12.3 Å². The second-order valence-electron chi connectivity index (χ2n) is 8.88. The molecule has 2 aliphatic rings. The molecule has 2 saturated heterocycles. The van der Waals surface area contributed by atoms with Gasteiger partial charge in [-0.05, 0) is 80.3 Å². The summed E-state index contributed by atoms with van der Waals surface area (Å²) in [5.41, 5.74) is 3.46. The van der Waals surface area contributed by atoms with Gasteiger partial charge in [-0.3, -0.25) is 24.1 Å². The molecule has 0 spiro atoms. The maximum Gasteiger partial charge on any atom is 0.294 e. The number of para-hydroxylation sites is 1. The molecule has 1 N–H and O–H groups in total. The number of amides is 4. The Labute approximate surface area is 214 Å². The molecule has 4 rings (SSSR count). The van der Waals surface area contributed by atoms with E-state index >= 15 is 0 Å². The number of carbonyl (C=O) groups excluding carboxylic acids is 4. The molecule has 2 aliphatic heterocycles. The highest BCUT2D eigenvalue weighted by Crippen LogP contribution is 2.34. The second kappa shape index (κ2) is 11.4. The quantitative estimate of drug-likeness (QED) is 0.559. The van der Waals surface area contributed by atoms with Crippen LogP contribution in [0.15, 0.2) is 47.4 Å². The SMILES string of the molecule is Cc1ccc(NC(=O)COc2ccccc2/C=C2\SC(=O)N(CC(=O)N3CCCCC3)C2=O)cc1C. The van der Waals surface area contributed by atoms with Crippen LogP contribution in [0.5, 0.6) is 5.75 Å². The summed E-state index contributed by atoms with van der Waals surface area (Å²) in [5.74, 6) is -0.622. The first-order valence-electron chi connectivity index (χ1n) is 11.9. The molecule has 2 fully saturated rings. The van der Waals surface area contributed by atoms with Crippen LogP contribution in [0.1, 0.15) is 36.0 Å². The molecule has 9 heteroatoms. The minimum absolute atomic E-state index is 0.210. The zero-order valence-corrected chi connectivity index (χ0v) is 21.2. The van der Waals surface area contributed by atoms with E-state index in [1.54, 1.807) is 35.2 Å². The van der Waals surface area contributed by atoms with Gasteiger partial charge < -0.3 is 15.0 Å². The molecule has 0 radical (unpaired) electrons. The summed E-state index contributed by atoms with van der Waals surface area (Å²) < 4.78 is 5.73. The average Bonchev–Trinajstić information content (AvgIpc) is 3.13. The van der Waals surface area contributed by atoms with E-state index in [-0.39, 0.29) is 29.9 Å². The van der Waals surface area contributed by atoms with Gasteiger partial charge >= 0.3 is 0 Å². The van der Waals surface area contributed by atoms with E-state index in [9.17, 15) is 19.2 Å². The zero-order chi connectivity index (χ0) is 25.7. The van der Waals surface area contributed by atoms with Crippen molar-refractivity contribution < 1.29 is 23.9 Å². The van der Waals surface area contributed by atoms with Crippen LogP contribution in [0.25, 0.3) is 6.08 Å². The van der Waals surface area contributed by atoms with Crippen molar-refractivity contribution in [3.05, 3.63) is 64.1 Å². The van der Waals surface area contributed by atoms with Gasteiger partial charge in [0.05, 0.1) is 4.91 Å². The molecular weight excluding hydrogens is 478 g/mol. The highest BCUT2D eigenvalue weighted by molar-refractivity contribution is 8.18. The molecule has 0 atom stereocenters. The molecule has 2 aromatic carbocycles. The summed E-state index contributed by atoms with van der Waals surface area (Å²) in [6.45, 7) is 4.83. The summed E-state index contributed by atoms with van der Waals surface area (Å²) >= 11 is 0.796. The van der Waals surface area contributed by atoms with E-state index in [0.29, 0.717) is 30.1 Å². The first-order valence-corrected chi connectivity index (χ1v) is 12.8. The Balaban J connectivity index is 1.40. The Hall–Kier alpha value is -3.59. The first-order chi connectivity index (χ1) is 17.3. The molecule has 2 aromatic rings. The number of likely N-dealkylation sites (tertiary alicyclic amines) is 1. The smallest absolute Gasteiger partial charge is 0.294 e. The Morgan fingerprint density at radius 3 is 2.53 bits per heavy atom. The summed E-state index contributed by atoms with van der Waals surface area (Å²) in [5, 5.41) is 2.34. The molecule has 8 nitrogen and oxygen atoms in total. The van der Waals surface area contributed by atoms with Crippen molar-refractivity contribution in [2.75, 3.05) is 31.6 Å². The number of thioether (sulfide) groups is 1. The highest BCUT2D eigenvalue weighted by atomic mass is 32.2. The third-order valence-electron chi connectivity index (χ3n) is 6.23. The number of hydrogen-bond acceptors (Lipinski definition) is 6. The lowest BCUT2D eigenvalue weighted by molar-refractivity contribution is -0.136. The third kappa shape index (κ3) is 6.15. The van der Waals surface area contributed by atoms with Crippen LogP contribution < -0.4 is 10.1 Å². The number of nitrogens with one attached hydrogen (secondary N) is 1. The number of ether oxygens (including phenoxy) is 1. The molecule has 36 heavy (non-hydrogen) atoms. The lowest BCUT2D eigenvalue weighted by Gasteiger charge is -2.27. The van der Waals surface area contributed by atoms with E-state index < -0.39 is 11.1 Å². The number of anilines is 1. The number of aryl methyl sites for hydroxylation is 2. The number of imide groups is 1. The maximum atomic E-state index is 12.9. The fourth-order valence-corrected chi connectivity index (χ4v) is 4.88. The lowest BCUT2D eigenvalue weighted by Crippen LogP contribution is -2.44. The zero-order valence-electron chi connectivity index (χ0n) is 20.4. The van der Waals surface area contributed by atoms with Crippen LogP contribution in [-0.2, 0) is 14.4 Å². The lowest BCUT2D eigenvalue weighted by atomic mass is 10.1. The predicted molar refractivity (Wildman–Crippen MR) is 140 cm³/mol. The highest BCUT2D eigenvalue weighted by Gasteiger charge is 2.37. The van der Waals surface area contributed by atoms with Crippen LogP contribution in [0.3, 0.4) is 0 Å². The van der Waals surface area contributed by atoms with Crippen molar-refractivity contribution in [1.29, 1.82) is 0 Å². The Kier molecular flexibility index (Phi) is 8.10. The summed E-state index contributed by atoms with van der Waals surface area (Å²) in [7, 11) is 0. The van der Waals surface area contributed by atoms with Gasteiger partial charge in [0.15, 0.2) is 6.61 Å². The van der Waals surface area contributed by atoms with Gasteiger partial charge in [-0.15, -0.1) is 0 Å². The topological polar surface area (TPSA) is 96.0 Å². The largest absolute Gasteiger partial charge is 0.483 e. The number of piperidine rings is 1. The number of carbonyl (C=O) groups is 4. The molecule has 188 valence electrons. The van der Waals surface area contributed by atoms with Crippen molar-refractivity contribution in [1.82, 2.24) is 9.80 Å². The van der Waals surface area contributed by atoms with Crippen LogP contribution >= 0.6 is 11.8 Å². The van der Waals surface area contributed by atoms with Crippen molar-refractivity contribution in [2.45, 2.75) is 33.1 Å². The van der Waals surface area contributed by atoms with Crippen molar-refractivity contribution in [3.63, 3.8) is 0 Å². The van der Waals surface area contributed by atoms with Crippen LogP contribution in [0.4, 0.5) is 10.5 Å². The normalized spacial score (nSPS) is 17.0. The fourth-order valence-electron chi connectivity index (χ4n) is 4.05. The van der Waals surface area contributed by atoms with Crippen LogP contribution in [-0.4, -0.2) is 59.0 Å². The van der Waals surface area contributed by atoms with E-state index in [1.807, 2.05) is 32.0 Å². The molecule has 0 aromatic heterocycles. The average molecular weight is 508 g/mol. The molecule has 0 bridgehead atoms. The summed E-state index contributed by atoms with van der Waals surface area (Å²) in [6, 6.07) is 12.6. The Bertz CT molecular complexity index is 1220. The fraction of sp³-hybridized carbons (Fsp3) is 0.333. The van der Waals surface area contributed by atoms with Crippen molar-refractivity contribution in [2.24, 2.45) is 0 Å². The molecular formula is C27H29N3O5S. The molecule has 0 saturated carbocycles. The van der Waals surface area contributed by atoms with Gasteiger partial charge in [-0.1, -0.05) is 24.3 Å². The number of hydrogen-bond donors (Lipinski definition) is 1. The van der Waals surface area contributed by atoms with Gasteiger partial charge in [0, 0.05) is 24.3 Å². The predicted octanol–water partition coefficient (Wildman–Crippen LogP) is 4.37. The minimum atomic E-state index is -0.502. The maximum absolute atomic E-state index is 12.9. The minimum Gasteiger partial charge on any atom is -0.483 e. The van der Waals surface area contributed by atoms with Crippen LogP contribution in [0, 0.1) is 13.8 Å². The van der Waals surface area contributed by atoms with Crippen molar-refractivity contribution >= 4 is 46.5 Å². The van der Waals surface area contributed by atoms with Gasteiger partial charge in [-0.2, -0.15) is 0 Å². The summed E-state index contributed by atoms with van der Waals surface area (Å²) in [6.07, 6.45) is 4.52. The van der Waals surface area contributed by atoms with E-state index in [2.05, 4.69) is 5.32 Å². The van der Waals surface area contributed by atoms with Gasteiger partial charge in [0.2, 0.25) is 5.91 Å². The number of benzene rings is 2. The molecule has 4 amide bonds. The molecule has 2 heterocycles. The van der Waals surface area contributed by atoms with Crippen molar-refractivity contribution in [3.8, 4) is 5.75 Å². The van der Waals surface area contributed by atoms with Gasteiger partial charge in [-0.25, -0.2) is 0 Å². The van der Waals surface area contributed by atoms with Gasteiger partial charge in [0.25, 0.3) is 17.1 Å². The number of rotatable bonds is 7. The van der Waals surface area contributed by atoms with E-state index in [1.165, 1.54) is 0 Å². The number of nitrogens with zero attached hydrogens (tertiary/aromatic N) is 2. The third-order valence-corrected chi connectivity index (χ3v) is 7.14. The monoisotopic (exact) mass is 507 g/mol. The van der Waals surface area contributed by atoms with Crippen LogP contribution in [0.2, 0.25) is 0 Å².